The van der Waals surface area contributed by atoms with E-state index in [1.807, 2.05) is 13.1 Å². The molecule has 0 aromatic carbocycles. The first-order valence-electron chi connectivity index (χ1n) is 6.92. The highest BCUT2D eigenvalue weighted by molar-refractivity contribution is 7.90. The van der Waals surface area contributed by atoms with Crippen LogP contribution < -0.4 is 10.1 Å². The van der Waals surface area contributed by atoms with Gasteiger partial charge in [-0.15, -0.1) is 12.6 Å². The van der Waals surface area contributed by atoms with Crippen LogP contribution >= 0.6 is 12.6 Å². The lowest BCUT2D eigenvalue weighted by Crippen LogP contribution is -2.26. The van der Waals surface area contributed by atoms with E-state index < -0.39 is 0 Å². The summed E-state index contributed by atoms with van der Waals surface area (Å²) >= 11 is 4.43. The minimum absolute atomic E-state index is 0.139. The van der Waals surface area contributed by atoms with Gasteiger partial charge in [0.1, 0.15) is 6.10 Å². The first-order valence-corrected chi connectivity index (χ1v) is 7.36. The molecule has 0 amide bonds. The highest BCUT2D eigenvalue weighted by Crippen LogP contribution is 2.21. The quantitative estimate of drug-likeness (QED) is 0.814. The molecular formula is C14H21N3O2S. The number of nitrogens with zero attached hydrogens (tertiary/aromatic N) is 2. The summed E-state index contributed by atoms with van der Waals surface area (Å²) in [7, 11) is 1.83. The molecule has 0 bridgehead atoms. The normalized spacial score (nSPS) is 17.1. The second kappa shape index (κ2) is 7.50. The zero-order valence-corrected chi connectivity index (χ0v) is 12.8. The summed E-state index contributed by atoms with van der Waals surface area (Å²) in [4.78, 5) is 9.63. The summed E-state index contributed by atoms with van der Waals surface area (Å²) < 4.78 is 11.2. The van der Waals surface area contributed by atoms with Crippen LogP contribution in [-0.4, -0.2) is 36.3 Å². The number of ether oxygens (including phenoxy) is 2. The van der Waals surface area contributed by atoms with Crippen LogP contribution in [0.4, 0.5) is 0 Å². The van der Waals surface area contributed by atoms with Crippen LogP contribution in [0.15, 0.2) is 12.3 Å². The van der Waals surface area contributed by atoms with Crippen molar-refractivity contribution in [1.82, 2.24) is 15.3 Å². The van der Waals surface area contributed by atoms with Crippen LogP contribution in [-0.2, 0) is 11.2 Å². The molecule has 0 atom stereocenters. The van der Waals surface area contributed by atoms with Crippen molar-refractivity contribution in [2.75, 3.05) is 20.3 Å². The molecule has 5 nitrogen and oxygen atoms in total. The van der Waals surface area contributed by atoms with Crippen molar-refractivity contribution in [3.05, 3.63) is 23.7 Å². The van der Waals surface area contributed by atoms with E-state index in [4.69, 9.17) is 9.47 Å². The Bertz CT molecular complexity index is 473. The van der Waals surface area contributed by atoms with Gasteiger partial charge >= 0.3 is 6.01 Å². The van der Waals surface area contributed by atoms with E-state index in [1.165, 1.54) is 0 Å². The SMILES string of the molecule is CCc1cc(/C(S)=C/NC)nc(OC2CCOCC2)n1. The third-order valence-electron chi connectivity index (χ3n) is 3.10. The van der Waals surface area contributed by atoms with Gasteiger partial charge in [-0.2, -0.15) is 4.98 Å². The standard InChI is InChI=1S/C14H21N3O2S/c1-3-10-8-12(13(20)9-15-2)17-14(16-10)19-11-4-6-18-7-5-11/h8-9,11,15,20H,3-7H2,1-2H3/b13-9-. The van der Waals surface area contributed by atoms with Gasteiger partial charge in [0, 0.05) is 36.7 Å². The Morgan fingerprint density at radius 1 is 1.50 bits per heavy atom. The number of hydrogen-bond donors (Lipinski definition) is 2. The van der Waals surface area contributed by atoms with Gasteiger partial charge in [0.25, 0.3) is 0 Å². The van der Waals surface area contributed by atoms with E-state index in [9.17, 15) is 0 Å². The lowest BCUT2D eigenvalue weighted by molar-refractivity contribution is 0.0216. The molecule has 20 heavy (non-hydrogen) atoms. The van der Waals surface area contributed by atoms with Gasteiger partial charge in [0.05, 0.1) is 18.9 Å². The Balaban J connectivity index is 2.18. The number of thiol groups is 1. The zero-order valence-electron chi connectivity index (χ0n) is 11.9. The van der Waals surface area contributed by atoms with Crippen LogP contribution in [0, 0.1) is 0 Å². The van der Waals surface area contributed by atoms with E-state index in [2.05, 4.69) is 34.8 Å². The van der Waals surface area contributed by atoms with Crippen molar-refractivity contribution in [3.63, 3.8) is 0 Å². The molecular weight excluding hydrogens is 274 g/mol. The molecule has 110 valence electrons. The second-order valence-corrected chi connectivity index (χ2v) is 5.11. The lowest BCUT2D eigenvalue weighted by atomic mass is 10.2. The first kappa shape index (κ1) is 15.1. The van der Waals surface area contributed by atoms with Crippen LogP contribution in [0.2, 0.25) is 0 Å². The molecule has 1 saturated heterocycles. The molecule has 6 heteroatoms. The molecule has 2 rings (SSSR count). The van der Waals surface area contributed by atoms with Crippen LogP contribution in [0.1, 0.15) is 31.2 Å². The Morgan fingerprint density at radius 3 is 2.90 bits per heavy atom. The van der Waals surface area contributed by atoms with Crippen LogP contribution in [0.3, 0.4) is 0 Å². The van der Waals surface area contributed by atoms with Gasteiger partial charge in [-0.05, 0) is 12.5 Å². The summed E-state index contributed by atoms with van der Waals surface area (Å²) in [6.07, 6.45) is 4.54. The van der Waals surface area contributed by atoms with Gasteiger partial charge in [0.15, 0.2) is 0 Å². The second-order valence-electron chi connectivity index (χ2n) is 4.63. The third kappa shape index (κ3) is 4.11. The van der Waals surface area contributed by atoms with Gasteiger partial charge < -0.3 is 14.8 Å². The van der Waals surface area contributed by atoms with Crippen LogP contribution in [0.25, 0.3) is 4.91 Å². The molecule has 1 fully saturated rings. The van der Waals surface area contributed by atoms with E-state index >= 15 is 0 Å². The fourth-order valence-corrected chi connectivity index (χ4v) is 2.24. The average molecular weight is 295 g/mol. The average Bonchev–Trinajstić information content (AvgIpc) is 2.48. The molecule has 0 saturated carbocycles. The molecule has 0 unspecified atom stereocenters. The molecule has 1 aliphatic rings. The molecule has 1 aromatic heterocycles. The van der Waals surface area contributed by atoms with Crippen molar-refractivity contribution < 1.29 is 9.47 Å². The lowest BCUT2D eigenvalue weighted by Gasteiger charge is -2.22. The highest BCUT2D eigenvalue weighted by atomic mass is 32.1. The maximum Gasteiger partial charge on any atom is 0.317 e. The van der Waals surface area contributed by atoms with E-state index in [0.29, 0.717) is 6.01 Å². The summed E-state index contributed by atoms with van der Waals surface area (Å²) in [5.74, 6) is 0. The fraction of sp³-hybridized carbons (Fsp3) is 0.571. The summed E-state index contributed by atoms with van der Waals surface area (Å²) in [5, 5.41) is 2.95. The van der Waals surface area contributed by atoms with Gasteiger partial charge in [-0.1, -0.05) is 6.92 Å². The monoisotopic (exact) mass is 295 g/mol. The topological polar surface area (TPSA) is 56.3 Å². The largest absolute Gasteiger partial charge is 0.460 e. The summed E-state index contributed by atoms with van der Waals surface area (Å²) in [5.41, 5.74) is 1.73. The Labute approximate surface area is 125 Å². The molecule has 1 aliphatic heterocycles. The minimum Gasteiger partial charge on any atom is -0.460 e. The summed E-state index contributed by atoms with van der Waals surface area (Å²) in [6, 6.07) is 2.37. The highest BCUT2D eigenvalue weighted by Gasteiger charge is 2.17. The van der Waals surface area contributed by atoms with Gasteiger partial charge in [-0.3, -0.25) is 0 Å². The third-order valence-corrected chi connectivity index (χ3v) is 3.46. The number of nitrogens with one attached hydrogen (secondary N) is 1. The Hall–Kier alpha value is -1.27. The molecule has 1 aromatic rings. The van der Waals surface area contributed by atoms with E-state index in [1.54, 1.807) is 6.20 Å². The Morgan fingerprint density at radius 2 is 2.25 bits per heavy atom. The van der Waals surface area contributed by atoms with Crippen molar-refractivity contribution >= 4 is 17.5 Å². The summed E-state index contributed by atoms with van der Waals surface area (Å²) in [6.45, 7) is 3.54. The van der Waals surface area contributed by atoms with E-state index in [0.717, 1.165) is 48.8 Å². The maximum absolute atomic E-state index is 5.88. The zero-order chi connectivity index (χ0) is 14.4. The Kier molecular flexibility index (Phi) is 5.67. The maximum atomic E-state index is 5.88. The number of rotatable bonds is 5. The van der Waals surface area contributed by atoms with Crippen LogP contribution in [0.5, 0.6) is 6.01 Å². The van der Waals surface area contributed by atoms with Gasteiger partial charge in [-0.25, -0.2) is 4.98 Å². The van der Waals surface area contributed by atoms with E-state index in [-0.39, 0.29) is 6.10 Å². The van der Waals surface area contributed by atoms with Crippen molar-refractivity contribution in [2.45, 2.75) is 32.3 Å². The predicted molar refractivity (Wildman–Crippen MR) is 81.9 cm³/mol. The number of hydrogen-bond acceptors (Lipinski definition) is 6. The van der Waals surface area contributed by atoms with Crippen molar-refractivity contribution in [3.8, 4) is 6.01 Å². The smallest absolute Gasteiger partial charge is 0.317 e. The first-order chi connectivity index (χ1) is 9.72. The van der Waals surface area contributed by atoms with Gasteiger partial charge in [0.2, 0.25) is 0 Å². The fourth-order valence-electron chi connectivity index (χ4n) is 1.99. The molecule has 0 spiro atoms. The molecule has 2 heterocycles. The minimum atomic E-state index is 0.139. The molecule has 1 N–H and O–H groups in total. The predicted octanol–water partition coefficient (Wildman–Crippen LogP) is 2.04. The number of aryl methyl sites for hydroxylation is 1. The van der Waals surface area contributed by atoms with Crippen molar-refractivity contribution in [2.24, 2.45) is 0 Å². The molecule has 0 radical (unpaired) electrons. The molecule has 0 aliphatic carbocycles. The van der Waals surface area contributed by atoms with Crippen molar-refractivity contribution in [1.29, 1.82) is 0 Å². The number of aromatic nitrogens is 2.